The molecule has 0 amide bonds. The third-order valence-electron chi connectivity index (χ3n) is 3.12. The van der Waals surface area contributed by atoms with Crippen LogP contribution in [-0.2, 0) is 0 Å². The summed E-state index contributed by atoms with van der Waals surface area (Å²) in [6.45, 7) is 1.14. The van der Waals surface area contributed by atoms with E-state index in [-0.39, 0.29) is 11.4 Å². The average Bonchev–Trinajstić information content (AvgIpc) is 2.37. The van der Waals surface area contributed by atoms with E-state index in [0.29, 0.717) is 18.8 Å². The molecule has 0 radical (unpaired) electrons. The average molecular weight is 252 g/mol. The van der Waals surface area contributed by atoms with Crippen molar-refractivity contribution in [3.05, 3.63) is 28.3 Å². The van der Waals surface area contributed by atoms with E-state index in [4.69, 9.17) is 4.74 Å². The fourth-order valence-electron chi connectivity index (χ4n) is 2.29. The number of aliphatic hydroxyl groups is 1. The molecule has 1 heterocycles. The molecule has 1 aliphatic heterocycles. The van der Waals surface area contributed by atoms with Crippen LogP contribution in [0.15, 0.2) is 18.2 Å². The number of β-amino-alcohol motifs (C(OH)–C–C–N with tert-alkyl or cyclic N) is 1. The number of hydrogen-bond donors (Lipinski definition) is 1. The van der Waals surface area contributed by atoms with Crippen LogP contribution >= 0.6 is 0 Å². The number of ether oxygens (including phenoxy) is 1. The minimum atomic E-state index is -0.435. The molecule has 0 aromatic heterocycles. The van der Waals surface area contributed by atoms with Crippen LogP contribution in [0.2, 0.25) is 0 Å². The van der Waals surface area contributed by atoms with Crippen molar-refractivity contribution in [1.29, 1.82) is 0 Å². The Labute approximate surface area is 105 Å². The molecule has 98 valence electrons. The highest BCUT2D eigenvalue weighted by atomic mass is 16.6. The summed E-state index contributed by atoms with van der Waals surface area (Å²) in [4.78, 5) is 12.6. The van der Waals surface area contributed by atoms with Gasteiger partial charge in [0.1, 0.15) is 5.69 Å². The Morgan fingerprint density at radius 1 is 1.56 bits per heavy atom. The van der Waals surface area contributed by atoms with Crippen molar-refractivity contribution in [1.82, 2.24) is 0 Å². The Kier molecular flexibility index (Phi) is 3.66. The molecule has 0 saturated carbocycles. The first kappa shape index (κ1) is 12.6. The Bertz CT molecular complexity index is 450. The van der Waals surface area contributed by atoms with Crippen LogP contribution in [0.3, 0.4) is 0 Å². The van der Waals surface area contributed by atoms with Gasteiger partial charge in [0.05, 0.1) is 18.1 Å². The lowest BCUT2D eigenvalue weighted by Crippen LogP contribution is -2.38. The van der Waals surface area contributed by atoms with Crippen LogP contribution in [0.1, 0.15) is 12.8 Å². The number of hydrogen-bond acceptors (Lipinski definition) is 5. The Hall–Kier alpha value is -1.82. The zero-order valence-corrected chi connectivity index (χ0v) is 10.2. The van der Waals surface area contributed by atoms with E-state index in [1.54, 1.807) is 18.2 Å². The van der Waals surface area contributed by atoms with Crippen molar-refractivity contribution in [2.75, 3.05) is 25.1 Å². The Morgan fingerprint density at radius 2 is 2.33 bits per heavy atom. The first-order valence-electron chi connectivity index (χ1n) is 5.88. The highest BCUT2D eigenvalue weighted by molar-refractivity contribution is 5.70. The fraction of sp³-hybridized carbons (Fsp3) is 0.500. The van der Waals surface area contributed by atoms with Crippen LogP contribution in [0, 0.1) is 10.1 Å². The maximum atomic E-state index is 11.2. The Morgan fingerprint density at radius 3 is 2.94 bits per heavy atom. The number of benzene rings is 1. The van der Waals surface area contributed by atoms with Gasteiger partial charge >= 0.3 is 5.69 Å². The number of nitrogens with zero attached hydrogens (tertiary/aromatic N) is 2. The number of rotatable bonds is 3. The standard InChI is InChI=1S/C12H16N2O4/c1-18-11-6-2-5-10(12(11)14(16)17)13-7-3-4-9(15)8-13/h2,5-6,9,15H,3-4,7-8H2,1H3. The van der Waals surface area contributed by atoms with Gasteiger partial charge in [0.2, 0.25) is 0 Å². The second-order valence-corrected chi connectivity index (χ2v) is 4.33. The number of nitro groups is 1. The van der Waals surface area contributed by atoms with Gasteiger partial charge in [-0.1, -0.05) is 6.07 Å². The van der Waals surface area contributed by atoms with E-state index < -0.39 is 11.0 Å². The maximum absolute atomic E-state index is 11.2. The summed E-state index contributed by atoms with van der Waals surface area (Å²) < 4.78 is 5.03. The van der Waals surface area contributed by atoms with Gasteiger partial charge in [0.15, 0.2) is 5.75 Å². The van der Waals surface area contributed by atoms with Crippen molar-refractivity contribution in [2.45, 2.75) is 18.9 Å². The van der Waals surface area contributed by atoms with E-state index in [9.17, 15) is 15.2 Å². The molecule has 1 unspecified atom stereocenters. The van der Waals surface area contributed by atoms with Crippen LogP contribution in [0.4, 0.5) is 11.4 Å². The summed E-state index contributed by atoms with van der Waals surface area (Å²) in [6, 6.07) is 4.99. The summed E-state index contributed by atoms with van der Waals surface area (Å²) in [5.41, 5.74) is 0.479. The summed E-state index contributed by atoms with van der Waals surface area (Å²) in [5, 5.41) is 20.8. The third kappa shape index (κ3) is 2.38. The van der Waals surface area contributed by atoms with Crippen LogP contribution < -0.4 is 9.64 Å². The minimum absolute atomic E-state index is 0.0332. The molecule has 0 bridgehead atoms. The molecule has 1 fully saturated rings. The van der Waals surface area contributed by atoms with Crippen molar-refractivity contribution < 1.29 is 14.8 Å². The second kappa shape index (κ2) is 5.22. The molecule has 1 saturated heterocycles. The van der Waals surface area contributed by atoms with Crippen LogP contribution in [0.25, 0.3) is 0 Å². The zero-order chi connectivity index (χ0) is 13.1. The molecule has 0 spiro atoms. The summed E-state index contributed by atoms with van der Waals surface area (Å²) in [6.07, 6.45) is 1.15. The van der Waals surface area contributed by atoms with Gasteiger partial charge in [0, 0.05) is 13.1 Å². The first-order chi connectivity index (χ1) is 8.63. The third-order valence-corrected chi connectivity index (χ3v) is 3.12. The monoisotopic (exact) mass is 252 g/mol. The molecule has 1 aromatic rings. The lowest BCUT2D eigenvalue weighted by atomic mass is 10.1. The van der Waals surface area contributed by atoms with Crippen molar-refractivity contribution >= 4 is 11.4 Å². The number of aliphatic hydroxyl groups excluding tert-OH is 1. The molecule has 2 rings (SSSR count). The van der Waals surface area contributed by atoms with E-state index in [0.717, 1.165) is 12.8 Å². The van der Waals surface area contributed by atoms with Crippen LogP contribution in [-0.4, -0.2) is 36.3 Å². The minimum Gasteiger partial charge on any atom is -0.490 e. The summed E-state index contributed by atoms with van der Waals surface area (Å²) in [5.74, 6) is 0.248. The Balaban J connectivity index is 2.40. The van der Waals surface area contributed by atoms with Gasteiger partial charge in [-0.3, -0.25) is 10.1 Å². The number of piperidine rings is 1. The van der Waals surface area contributed by atoms with Crippen molar-refractivity contribution in [2.24, 2.45) is 0 Å². The molecule has 1 aromatic carbocycles. The van der Waals surface area contributed by atoms with E-state index in [2.05, 4.69) is 0 Å². The van der Waals surface area contributed by atoms with Gasteiger partial charge in [-0.15, -0.1) is 0 Å². The highest BCUT2D eigenvalue weighted by Crippen LogP contribution is 2.37. The molecule has 1 atom stereocenters. The predicted molar refractivity (Wildman–Crippen MR) is 67.1 cm³/mol. The predicted octanol–water partition coefficient (Wildman–Crippen LogP) is 1.56. The summed E-state index contributed by atoms with van der Waals surface area (Å²) in [7, 11) is 1.41. The van der Waals surface area contributed by atoms with E-state index in [1.165, 1.54) is 7.11 Å². The molecule has 1 aliphatic rings. The van der Waals surface area contributed by atoms with Crippen molar-refractivity contribution in [3.8, 4) is 5.75 Å². The molecule has 1 N–H and O–H groups in total. The maximum Gasteiger partial charge on any atom is 0.333 e. The largest absolute Gasteiger partial charge is 0.490 e. The molecule has 6 heteroatoms. The topological polar surface area (TPSA) is 75.8 Å². The zero-order valence-electron chi connectivity index (χ0n) is 10.2. The molecule has 0 aliphatic carbocycles. The highest BCUT2D eigenvalue weighted by Gasteiger charge is 2.27. The summed E-state index contributed by atoms with van der Waals surface area (Å²) >= 11 is 0. The van der Waals surface area contributed by atoms with Gasteiger partial charge in [-0.2, -0.15) is 0 Å². The van der Waals surface area contributed by atoms with Crippen molar-refractivity contribution in [3.63, 3.8) is 0 Å². The molecule has 6 nitrogen and oxygen atoms in total. The van der Waals surface area contributed by atoms with Gasteiger partial charge < -0.3 is 14.7 Å². The number of nitro benzene ring substituents is 1. The lowest BCUT2D eigenvalue weighted by Gasteiger charge is -2.31. The molecular weight excluding hydrogens is 236 g/mol. The molecular formula is C12H16N2O4. The van der Waals surface area contributed by atoms with E-state index in [1.807, 2.05) is 4.90 Å². The number of anilines is 1. The van der Waals surface area contributed by atoms with Crippen LogP contribution in [0.5, 0.6) is 5.75 Å². The quantitative estimate of drug-likeness (QED) is 0.652. The number of methoxy groups -OCH3 is 1. The first-order valence-corrected chi connectivity index (χ1v) is 5.88. The fourth-order valence-corrected chi connectivity index (χ4v) is 2.29. The molecule has 18 heavy (non-hydrogen) atoms. The normalized spacial score (nSPS) is 19.7. The van der Waals surface area contributed by atoms with Gasteiger partial charge in [-0.25, -0.2) is 0 Å². The lowest BCUT2D eigenvalue weighted by molar-refractivity contribution is -0.385. The van der Waals surface area contributed by atoms with Gasteiger partial charge in [0.25, 0.3) is 0 Å². The SMILES string of the molecule is COc1cccc(N2CCCC(O)C2)c1[N+](=O)[O-]. The van der Waals surface area contributed by atoms with E-state index >= 15 is 0 Å². The smallest absolute Gasteiger partial charge is 0.333 e. The number of para-hydroxylation sites is 1. The van der Waals surface area contributed by atoms with Gasteiger partial charge in [-0.05, 0) is 25.0 Å². The second-order valence-electron chi connectivity index (χ2n) is 4.33.